The van der Waals surface area contributed by atoms with E-state index in [1.807, 2.05) is 4.90 Å². The third-order valence-electron chi connectivity index (χ3n) is 6.19. The van der Waals surface area contributed by atoms with E-state index in [1.165, 1.54) is 4.90 Å². The highest BCUT2D eigenvalue weighted by Gasteiger charge is 2.50. The molecule has 1 unspecified atom stereocenters. The van der Waals surface area contributed by atoms with Gasteiger partial charge in [-0.25, -0.2) is 0 Å². The smallest absolute Gasteiger partial charge is 0.396 e. The Bertz CT molecular complexity index is 461. The first-order chi connectivity index (χ1) is 11.3. The Balaban J connectivity index is 1.58. The average Bonchev–Trinajstić information content (AvgIpc) is 2.52. The topological polar surface area (TPSA) is 43.8 Å². The van der Waals surface area contributed by atoms with Gasteiger partial charge in [-0.3, -0.25) is 9.69 Å². The molecule has 0 aromatic carbocycles. The Labute approximate surface area is 141 Å². The number of piperidine rings is 1. The molecular weight excluding hydrogens is 321 g/mol. The summed E-state index contributed by atoms with van der Waals surface area (Å²) in [6.07, 6.45) is 1.85. The van der Waals surface area contributed by atoms with E-state index in [-0.39, 0.29) is 30.5 Å². The molecule has 3 fully saturated rings. The van der Waals surface area contributed by atoms with Gasteiger partial charge in [0.15, 0.2) is 0 Å². The van der Waals surface area contributed by atoms with Gasteiger partial charge in [-0.2, -0.15) is 13.2 Å². The molecule has 1 saturated carbocycles. The number of aliphatic hydroxyl groups excluding tert-OH is 1. The third kappa shape index (κ3) is 3.72. The highest BCUT2D eigenvalue weighted by Crippen LogP contribution is 2.45. The largest absolute Gasteiger partial charge is 0.401 e. The fourth-order valence-electron chi connectivity index (χ4n) is 4.68. The molecule has 24 heavy (non-hydrogen) atoms. The van der Waals surface area contributed by atoms with Gasteiger partial charge < -0.3 is 10.0 Å². The highest BCUT2D eigenvalue weighted by atomic mass is 19.4. The van der Waals surface area contributed by atoms with Gasteiger partial charge in [0.05, 0.1) is 12.5 Å². The third-order valence-corrected chi connectivity index (χ3v) is 6.19. The number of halogens is 3. The Morgan fingerprint density at radius 2 is 1.83 bits per heavy atom. The molecule has 1 aliphatic carbocycles. The van der Waals surface area contributed by atoms with Crippen molar-refractivity contribution in [3.8, 4) is 0 Å². The maximum atomic E-state index is 12.9. The van der Waals surface area contributed by atoms with Gasteiger partial charge in [0.1, 0.15) is 0 Å². The second-order valence-electron chi connectivity index (χ2n) is 7.78. The van der Waals surface area contributed by atoms with Crippen molar-refractivity contribution in [2.24, 2.45) is 11.8 Å². The van der Waals surface area contributed by atoms with Crippen LogP contribution in [0.1, 0.15) is 44.9 Å². The van der Waals surface area contributed by atoms with E-state index in [2.05, 4.69) is 0 Å². The fourth-order valence-corrected chi connectivity index (χ4v) is 4.68. The standard InChI is InChI=1S/C17H27F3N2O2/c18-17(19,20)12-21-8-1-2-14(10-21)15(24)22-9-7-16(22)5-3-13(11-23)4-6-16/h13-14,23H,1-12H2. The van der Waals surface area contributed by atoms with Crippen molar-refractivity contribution < 1.29 is 23.1 Å². The Kier molecular flexibility index (Phi) is 5.12. The van der Waals surface area contributed by atoms with Gasteiger partial charge in [-0.15, -0.1) is 0 Å². The molecule has 1 spiro atoms. The molecule has 2 saturated heterocycles. The van der Waals surface area contributed by atoms with Crippen LogP contribution in [-0.2, 0) is 4.79 Å². The number of rotatable bonds is 3. The van der Waals surface area contributed by atoms with Crippen LogP contribution >= 0.6 is 0 Å². The summed E-state index contributed by atoms with van der Waals surface area (Å²) in [6, 6.07) is 0. The van der Waals surface area contributed by atoms with Gasteiger partial charge in [0.25, 0.3) is 0 Å². The first kappa shape index (κ1) is 18.0. The molecule has 7 heteroatoms. The van der Waals surface area contributed by atoms with E-state index >= 15 is 0 Å². The fraction of sp³-hybridized carbons (Fsp3) is 0.941. The number of amides is 1. The van der Waals surface area contributed by atoms with Crippen LogP contribution in [0, 0.1) is 11.8 Å². The Morgan fingerprint density at radius 1 is 1.12 bits per heavy atom. The van der Waals surface area contributed by atoms with Crippen LogP contribution in [0.3, 0.4) is 0 Å². The van der Waals surface area contributed by atoms with E-state index in [4.69, 9.17) is 0 Å². The lowest BCUT2D eigenvalue weighted by Crippen LogP contribution is -2.65. The van der Waals surface area contributed by atoms with E-state index in [9.17, 15) is 23.1 Å². The zero-order valence-electron chi connectivity index (χ0n) is 14.0. The lowest BCUT2D eigenvalue weighted by Gasteiger charge is -2.57. The second-order valence-corrected chi connectivity index (χ2v) is 7.78. The zero-order chi connectivity index (χ0) is 17.4. The van der Waals surface area contributed by atoms with E-state index < -0.39 is 12.7 Å². The summed E-state index contributed by atoms with van der Waals surface area (Å²) in [5.74, 6) is 0.0922. The summed E-state index contributed by atoms with van der Waals surface area (Å²) in [6.45, 7) is 0.675. The van der Waals surface area contributed by atoms with Crippen LogP contribution in [-0.4, -0.2) is 65.3 Å². The molecule has 138 valence electrons. The molecular formula is C17H27F3N2O2. The number of aliphatic hydroxyl groups is 1. The van der Waals surface area contributed by atoms with Crippen LogP contribution in [0.2, 0.25) is 0 Å². The minimum atomic E-state index is -4.20. The van der Waals surface area contributed by atoms with E-state index in [0.29, 0.717) is 25.3 Å². The molecule has 0 aromatic rings. The minimum absolute atomic E-state index is 0.0515. The zero-order valence-corrected chi connectivity index (χ0v) is 14.0. The SMILES string of the molecule is O=C(C1CCCN(CC(F)(F)F)C1)N1CCC12CCC(CO)CC2. The molecule has 3 aliphatic rings. The maximum Gasteiger partial charge on any atom is 0.401 e. The molecule has 0 aromatic heterocycles. The predicted molar refractivity (Wildman–Crippen MR) is 83.3 cm³/mol. The number of alkyl halides is 3. The lowest BCUT2D eigenvalue weighted by atomic mass is 9.69. The van der Waals surface area contributed by atoms with Crippen molar-refractivity contribution in [3.05, 3.63) is 0 Å². The number of hydrogen-bond donors (Lipinski definition) is 1. The van der Waals surface area contributed by atoms with Crippen molar-refractivity contribution in [2.45, 2.75) is 56.7 Å². The monoisotopic (exact) mass is 348 g/mol. The molecule has 0 radical (unpaired) electrons. The maximum absolute atomic E-state index is 12.9. The minimum Gasteiger partial charge on any atom is -0.396 e. The van der Waals surface area contributed by atoms with Crippen molar-refractivity contribution in [1.82, 2.24) is 9.80 Å². The quantitative estimate of drug-likeness (QED) is 0.852. The number of carbonyl (C=O) groups excluding carboxylic acids is 1. The lowest BCUT2D eigenvalue weighted by molar-refractivity contribution is -0.165. The van der Waals surface area contributed by atoms with E-state index in [1.54, 1.807) is 0 Å². The molecule has 2 aliphatic heterocycles. The van der Waals surface area contributed by atoms with Crippen LogP contribution in [0.4, 0.5) is 13.2 Å². The van der Waals surface area contributed by atoms with Gasteiger partial charge >= 0.3 is 6.18 Å². The molecule has 1 amide bonds. The number of hydrogen-bond acceptors (Lipinski definition) is 3. The average molecular weight is 348 g/mol. The normalized spacial score (nSPS) is 35.1. The Hall–Kier alpha value is -0.820. The summed E-state index contributed by atoms with van der Waals surface area (Å²) in [5, 5.41) is 9.27. The number of likely N-dealkylation sites (tertiary alicyclic amines) is 2. The molecule has 1 N–H and O–H groups in total. The first-order valence-electron chi connectivity index (χ1n) is 9.04. The summed E-state index contributed by atoms with van der Waals surface area (Å²) in [4.78, 5) is 16.2. The Morgan fingerprint density at radius 3 is 2.38 bits per heavy atom. The molecule has 1 atom stereocenters. The molecule has 3 rings (SSSR count). The van der Waals surface area contributed by atoms with E-state index in [0.717, 1.165) is 38.6 Å². The van der Waals surface area contributed by atoms with Crippen molar-refractivity contribution in [2.75, 3.05) is 32.8 Å². The van der Waals surface area contributed by atoms with Crippen LogP contribution in [0.25, 0.3) is 0 Å². The first-order valence-corrected chi connectivity index (χ1v) is 9.04. The molecule has 2 heterocycles. The summed E-state index contributed by atoms with van der Waals surface area (Å²) >= 11 is 0. The second kappa shape index (κ2) is 6.83. The van der Waals surface area contributed by atoms with Crippen molar-refractivity contribution >= 4 is 5.91 Å². The predicted octanol–water partition coefficient (Wildman–Crippen LogP) is 2.41. The van der Waals surface area contributed by atoms with Gasteiger partial charge in [0, 0.05) is 25.2 Å². The van der Waals surface area contributed by atoms with Gasteiger partial charge in [-0.1, -0.05) is 0 Å². The molecule has 4 nitrogen and oxygen atoms in total. The van der Waals surface area contributed by atoms with Gasteiger partial charge in [-0.05, 0) is 57.4 Å². The highest BCUT2D eigenvalue weighted by molar-refractivity contribution is 5.81. The van der Waals surface area contributed by atoms with Crippen LogP contribution in [0.5, 0.6) is 0 Å². The summed E-state index contributed by atoms with van der Waals surface area (Å²) in [7, 11) is 0. The summed E-state index contributed by atoms with van der Waals surface area (Å²) in [5.41, 5.74) is -0.0743. The van der Waals surface area contributed by atoms with Gasteiger partial charge in [0.2, 0.25) is 5.91 Å². The number of nitrogens with zero attached hydrogens (tertiary/aromatic N) is 2. The van der Waals surface area contributed by atoms with Crippen LogP contribution < -0.4 is 0 Å². The van der Waals surface area contributed by atoms with Crippen LogP contribution in [0.15, 0.2) is 0 Å². The summed E-state index contributed by atoms with van der Waals surface area (Å²) < 4.78 is 37.8. The number of carbonyl (C=O) groups is 1. The van der Waals surface area contributed by atoms with Crippen molar-refractivity contribution in [3.63, 3.8) is 0 Å². The molecule has 0 bridgehead atoms. The van der Waals surface area contributed by atoms with Crippen molar-refractivity contribution in [1.29, 1.82) is 0 Å².